The standard InChI is InChI=1S/C23H23ClN2O4/c1-15-18-9-6-10-19(24)21(18)30-20(15)23(28)29-16(2)22(27)26-13-11-25(12-14-26)17-7-4-3-5-8-17/h3-10,16H,11-14H2,1-2H3. The predicted octanol–water partition coefficient (Wildman–Crippen LogP) is 4.29. The average molecular weight is 427 g/mol. The van der Waals surface area contributed by atoms with E-state index in [9.17, 15) is 9.59 Å². The molecular formula is C23H23ClN2O4. The molecule has 7 heteroatoms. The van der Waals surface area contributed by atoms with Gasteiger partial charge in [0.15, 0.2) is 11.7 Å². The Hall–Kier alpha value is -2.99. The Morgan fingerprint density at radius 1 is 1.03 bits per heavy atom. The first-order valence-corrected chi connectivity index (χ1v) is 10.3. The fourth-order valence-corrected chi connectivity index (χ4v) is 3.96. The molecule has 4 rings (SSSR count). The number of furan rings is 1. The van der Waals surface area contributed by atoms with Gasteiger partial charge >= 0.3 is 5.97 Å². The summed E-state index contributed by atoms with van der Waals surface area (Å²) in [5, 5.41) is 1.18. The largest absolute Gasteiger partial charge is 0.447 e. The van der Waals surface area contributed by atoms with E-state index in [0.29, 0.717) is 29.3 Å². The van der Waals surface area contributed by atoms with Gasteiger partial charge in [0.1, 0.15) is 0 Å². The fourth-order valence-electron chi connectivity index (χ4n) is 3.75. The van der Waals surface area contributed by atoms with Gasteiger partial charge in [0.2, 0.25) is 5.76 Å². The second-order valence-electron chi connectivity index (χ2n) is 7.37. The monoisotopic (exact) mass is 426 g/mol. The summed E-state index contributed by atoms with van der Waals surface area (Å²) in [5.74, 6) is -0.793. The lowest BCUT2D eigenvalue weighted by atomic mass is 10.1. The van der Waals surface area contributed by atoms with Crippen molar-refractivity contribution in [3.05, 3.63) is 64.9 Å². The van der Waals surface area contributed by atoms with E-state index in [2.05, 4.69) is 17.0 Å². The first kappa shape index (κ1) is 20.3. The summed E-state index contributed by atoms with van der Waals surface area (Å²) in [7, 11) is 0. The number of para-hydroxylation sites is 2. The second kappa shape index (κ2) is 8.40. The Bertz CT molecular complexity index is 1070. The molecule has 1 aliphatic rings. The van der Waals surface area contributed by atoms with E-state index in [4.69, 9.17) is 20.8 Å². The van der Waals surface area contributed by atoms with E-state index in [1.54, 1.807) is 30.9 Å². The van der Waals surface area contributed by atoms with Crippen LogP contribution in [0, 0.1) is 6.92 Å². The van der Waals surface area contributed by atoms with Crippen LogP contribution in [0.5, 0.6) is 0 Å². The maximum atomic E-state index is 12.8. The van der Waals surface area contributed by atoms with Gasteiger partial charge in [-0.2, -0.15) is 0 Å². The summed E-state index contributed by atoms with van der Waals surface area (Å²) in [6.45, 7) is 5.99. The van der Waals surface area contributed by atoms with Gasteiger partial charge in [0.05, 0.1) is 5.02 Å². The minimum Gasteiger partial charge on any atom is -0.447 e. The predicted molar refractivity (Wildman–Crippen MR) is 116 cm³/mol. The lowest BCUT2D eigenvalue weighted by Crippen LogP contribution is -2.51. The van der Waals surface area contributed by atoms with Crippen LogP contribution in [0.3, 0.4) is 0 Å². The van der Waals surface area contributed by atoms with Crippen LogP contribution in [-0.4, -0.2) is 49.1 Å². The molecule has 0 radical (unpaired) electrons. The molecule has 1 aliphatic heterocycles. The number of anilines is 1. The Balaban J connectivity index is 1.39. The van der Waals surface area contributed by atoms with Gasteiger partial charge in [-0.3, -0.25) is 4.79 Å². The third kappa shape index (κ3) is 3.87. The van der Waals surface area contributed by atoms with Crippen molar-refractivity contribution < 1.29 is 18.7 Å². The van der Waals surface area contributed by atoms with Gasteiger partial charge in [0, 0.05) is 42.8 Å². The maximum Gasteiger partial charge on any atom is 0.375 e. The highest BCUT2D eigenvalue weighted by Gasteiger charge is 2.29. The zero-order valence-electron chi connectivity index (χ0n) is 16.9. The third-order valence-electron chi connectivity index (χ3n) is 5.45. The van der Waals surface area contributed by atoms with Gasteiger partial charge in [0.25, 0.3) is 5.91 Å². The molecule has 0 aliphatic carbocycles. The van der Waals surface area contributed by atoms with E-state index in [1.165, 1.54) is 0 Å². The van der Waals surface area contributed by atoms with Crippen molar-refractivity contribution in [2.45, 2.75) is 20.0 Å². The molecule has 1 saturated heterocycles. The van der Waals surface area contributed by atoms with Crippen molar-refractivity contribution in [2.75, 3.05) is 31.1 Å². The number of halogens is 1. The quantitative estimate of drug-likeness (QED) is 0.582. The second-order valence-corrected chi connectivity index (χ2v) is 7.78. The number of esters is 1. The number of rotatable bonds is 4. The number of carbonyl (C=O) groups is 2. The summed E-state index contributed by atoms with van der Waals surface area (Å²) >= 11 is 6.15. The molecule has 0 N–H and O–H groups in total. The number of ether oxygens (including phenoxy) is 1. The topological polar surface area (TPSA) is 63.0 Å². The molecule has 0 bridgehead atoms. The molecule has 0 saturated carbocycles. The minimum atomic E-state index is -0.899. The van der Waals surface area contributed by atoms with Crippen molar-refractivity contribution in [3.63, 3.8) is 0 Å². The molecule has 1 atom stereocenters. The zero-order chi connectivity index (χ0) is 21.3. The van der Waals surface area contributed by atoms with Gasteiger partial charge in [-0.25, -0.2) is 4.79 Å². The molecule has 2 heterocycles. The van der Waals surface area contributed by atoms with Crippen LogP contribution in [0.15, 0.2) is 52.9 Å². The molecule has 6 nitrogen and oxygen atoms in total. The average Bonchev–Trinajstić information content (AvgIpc) is 3.12. The third-order valence-corrected chi connectivity index (χ3v) is 5.74. The lowest BCUT2D eigenvalue weighted by Gasteiger charge is -2.36. The number of fused-ring (bicyclic) bond motifs is 1. The van der Waals surface area contributed by atoms with Crippen LogP contribution >= 0.6 is 11.6 Å². The molecule has 1 unspecified atom stereocenters. The molecule has 30 heavy (non-hydrogen) atoms. The van der Waals surface area contributed by atoms with Crippen LogP contribution in [0.4, 0.5) is 5.69 Å². The number of amides is 1. The van der Waals surface area contributed by atoms with Gasteiger partial charge < -0.3 is 19.0 Å². The lowest BCUT2D eigenvalue weighted by molar-refractivity contribution is -0.140. The Morgan fingerprint density at radius 2 is 1.73 bits per heavy atom. The van der Waals surface area contributed by atoms with Crippen molar-refractivity contribution in [3.8, 4) is 0 Å². The van der Waals surface area contributed by atoms with Crippen LogP contribution in [-0.2, 0) is 9.53 Å². The van der Waals surface area contributed by atoms with Gasteiger partial charge in [-0.15, -0.1) is 0 Å². The molecule has 2 aromatic carbocycles. The summed E-state index contributed by atoms with van der Waals surface area (Å²) in [6.07, 6.45) is -0.899. The fraction of sp³-hybridized carbons (Fsp3) is 0.304. The Kier molecular flexibility index (Phi) is 5.68. The number of aryl methyl sites for hydroxylation is 1. The molecule has 3 aromatic rings. The van der Waals surface area contributed by atoms with E-state index in [-0.39, 0.29) is 11.7 Å². The van der Waals surface area contributed by atoms with Crippen LogP contribution in [0.1, 0.15) is 23.0 Å². The van der Waals surface area contributed by atoms with Crippen molar-refractivity contribution in [1.82, 2.24) is 4.90 Å². The first-order chi connectivity index (χ1) is 14.5. The molecule has 1 amide bonds. The molecule has 1 fully saturated rings. The van der Waals surface area contributed by atoms with E-state index in [1.807, 2.05) is 24.3 Å². The zero-order valence-corrected chi connectivity index (χ0v) is 17.7. The van der Waals surface area contributed by atoms with Crippen LogP contribution in [0.25, 0.3) is 11.0 Å². The maximum absolute atomic E-state index is 12.8. The van der Waals surface area contributed by atoms with Crippen LogP contribution < -0.4 is 4.90 Å². The smallest absolute Gasteiger partial charge is 0.375 e. The van der Waals surface area contributed by atoms with E-state index < -0.39 is 12.1 Å². The Labute approximate surface area is 180 Å². The summed E-state index contributed by atoms with van der Waals surface area (Å²) in [5.41, 5.74) is 2.23. The molecule has 156 valence electrons. The Morgan fingerprint density at radius 3 is 2.40 bits per heavy atom. The van der Waals surface area contributed by atoms with Gasteiger partial charge in [-0.1, -0.05) is 41.9 Å². The number of carbonyl (C=O) groups excluding carboxylic acids is 2. The summed E-state index contributed by atoms with van der Waals surface area (Å²) in [4.78, 5) is 29.4. The highest BCUT2D eigenvalue weighted by atomic mass is 35.5. The number of piperazine rings is 1. The number of hydrogen-bond acceptors (Lipinski definition) is 5. The number of nitrogens with zero attached hydrogens (tertiary/aromatic N) is 2. The summed E-state index contributed by atoms with van der Waals surface area (Å²) < 4.78 is 11.1. The number of hydrogen-bond donors (Lipinski definition) is 0. The van der Waals surface area contributed by atoms with E-state index >= 15 is 0 Å². The first-order valence-electron chi connectivity index (χ1n) is 9.93. The molecule has 1 aromatic heterocycles. The number of benzene rings is 2. The minimum absolute atomic E-state index is 0.0756. The van der Waals surface area contributed by atoms with E-state index in [0.717, 1.165) is 24.2 Å². The van der Waals surface area contributed by atoms with Gasteiger partial charge in [-0.05, 0) is 32.0 Å². The SMILES string of the molecule is Cc1c(C(=O)OC(C)C(=O)N2CCN(c3ccccc3)CC2)oc2c(Cl)cccc12. The normalized spacial score (nSPS) is 15.3. The molecule has 0 spiro atoms. The van der Waals surface area contributed by atoms with Crippen LogP contribution in [0.2, 0.25) is 5.02 Å². The highest BCUT2D eigenvalue weighted by molar-refractivity contribution is 6.35. The molecular weight excluding hydrogens is 404 g/mol. The summed E-state index contributed by atoms with van der Waals surface area (Å²) in [6, 6.07) is 15.4. The van der Waals surface area contributed by atoms with Crippen molar-refractivity contribution in [2.24, 2.45) is 0 Å². The van der Waals surface area contributed by atoms with Crippen molar-refractivity contribution in [1.29, 1.82) is 0 Å². The van der Waals surface area contributed by atoms with Crippen molar-refractivity contribution >= 4 is 40.1 Å². The highest BCUT2D eigenvalue weighted by Crippen LogP contribution is 2.31.